The van der Waals surface area contributed by atoms with Gasteiger partial charge in [-0.05, 0) is 23.8 Å². The van der Waals surface area contributed by atoms with E-state index in [1.54, 1.807) is 36.4 Å². The summed E-state index contributed by atoms with van der Waals surface area (Å²) in [5.74, 6) is 0.470. The molecule has 2 unspecified atom stereocenters. The summed E-state index contributed by atoms with van der Waals surface area (Å²) >= 11 is 0. The first-order valence-corrected chi connectivity index (χ1v) is 9.54. The number of sulfonamides is 1. The van der Waals surface area contributed by atoms with Gasteiger partial charge >= 0.3 is 6.09 Å². The van der Waals surface area contributed by atoms with E-state index >= 15 is 0 Å². The molecular weight excluding hydrogens is 358 g/mol. The van der Waals surface area contributed by atoms with Gasteiger partial charge < -0.3 is 15.2 Å². The normalized spacial score (nSPS) is 21.6. The lowest BCUT2D eigenvalue weighted by Crippen LogP contribution is -2.46. The van der Waals surface area contributed by atoms with E-state index in [0.717, 1.165) is 0 Å². The second-order valence-electron chi connectivity index (χ2n) is 6.13. The van der Waals surface area contributed by atoms with Crippen LogP contribution in [0.1, 0.15) is 0 Å². The Bertz CT molecular complexity index is 992. The number of rotatable bonds is 3. The second-order valence-corrected chi connectivity index (χ2v) is 7.66. The molecule has 2 aromatic rings. The van der Waals surface area contributed by atoms with E-state index in [-0.39, 0.29) is 24.1 Å². The van der Waals surface area contributed by atoms with Gasteiger partial charge in [-0.15, -0.1) is 0 Å². The van der Waals surface area contributed by atoms with Crippen LogP contribution in [0.5, 0.6) is 5.75 Å². The number of cyclic esters (lactones) is 1. The van der Waals surface area contributed by atoms with Crippen LogP contribution in [0.4, 0.5) is 10.5 Å². The van der Waals surface area contributed by atoms with Gasteiger partial charge in [0.1, 0.15) is 24.5 Å². The largest absolute Gasteiger partial charge is 0.489 e. The molecule has 2 atom stereocenters. The molecule has 0 bridgehead atoms. The van der Waals surface area contributed by atoms with E-state index in [0.29, 0.717) is 22.6 Å². The zero-order valence-electron chi connectivity index (χ0n) is 13.7. The highest BCUT2D eigenvalue weighted by atomic mass is 32.2. The van der Waals surface area contributed by atoms with Crippen molar-refractivity contribution in [2.45, 2.75) is 17.0 Å². The molecule has 8 nitrogen and oxygen atoms in total. The fourth-order valence-corrected chi connectivity index (χ4v) is 4.12. The fourth-order valence-electron chi connectivity index (χ4n) is 3.36. The lowest BCUT2D eigenvalue weighted by molar-refractivity contribution is 0.126. The van der Waals surface area contributed by atoms with Crippen molar-refractivity contribution in [2.24, 2.45) is 10.9 Å². The highest BCUT2D eigenvalue weighted by Crippen LogP contribution is 2.41. The van der Waals surface area contributed by atoms with Gasteiger partial charge in [0.05, 0.1) is 10.6 Å². The van der Waals surface area contributed by atoms with Gasteiger partial charge in [-0.3, -0.25) is 4.90 Å². The summed E-state index contributed by atoms with van der Waals surface area (Å²) in [6, 6.07) is 11.3. The van der Waals surface area contributed by atoms with Gasteiger partial charge in [0.2, 0.25) is 10.0 Å². The molecule has 9 heteroatoms. The topological polar surface area (TPSA) is 125 Å². The Morgan fingerprint density at radius 1 is 1.19 bits per heavy atom. The van der Waals surface area contributed by atoms with Gasteiger partial charge in [-0.2, -0.15) is 0 Å². The molecule has 136 valence electrons. The number of benzene rings is 2. The number of nitrogens with zero attached hydrogens (tertiary/aromatic N) is 1. The summed E-state index contributed by atoms with van der Waals surface area (Å²) in [4.78, 5) is 13.7. The van der Waals surface area contributed by atoms with E-state index in [4.69, 9.17) is 20.3 Å². The molecular formula is C17H17N3O5S. The number of carbonyl (C=O) groups excluding carboxylic acids is 1. The summed E-state index contributed by atoms with van der Waals surface area (Å²) in [5.41, 5.74) is 7.31. The van der Waals surface area contributed by atoms with Gasteiger partial charge in [-0.25, -0.2) is 18.4 Å². The molecule has 2 aromatic carbocycles. The van der Waals surface area contributed by atoms with Crippen molar-refractivity contribution in [3.8, 4) is 16.9 Å². The fraction of sp³-hybridized carbons (Fsp3) is 0.235. The maximum atomic E-state index is 12.2. The molecule has 2 aliphatic rings. The van der Waals surface area contributed by atoms with Crippen molar-refractivity contribution < 1.29 is 22.7 Å². The quantitative estimate of drug-likeness (QED) is 0.826. The van der Waals surface area contributed by atoms with Crippen LogP contribution >= 0.6 is 0 Å². The number of primary sulfonamides is 1. The van der Waals surface area contributed by atoms with E-state index in [1.165, 1.54) is 11.0 Å². The van der Waals surface area contributed by atoms with E-state index in [9.17, 15) is 13.2 Å². The average Bonchev–Trinajstić information content (AvgIpc) is 2.97. The molecule has 1 amide bonds. The standard InChI is InChI=1S/C17H17N3O5S/c18-8-15-13-9-24-14-7-10(5-6-12(14)20(13)17(21)25-15)11-3-1-2-4-16(11)26(19,22)23/h1-7,13,15H,8-9,18H2,(H2,19,22,23). The van der Waals surface area contributed by atoms with E-state index in [1.807, 2.05) is 0 Å². The minimum atomic E-state index is -3.88. The molecule has 0 aliphatic carbocycles. The molecule has 4 N–H and O–H groups in total. The van der Waals surface area contributed by atoms with Crippen LogP contribution in [-0.2, 0) is 14.8 Å². The first kappa shape index (κ1) is 16.8. The van der Waals surface area contributed by atoms with Crippen LogP contribution in [0, 0.1) is 0 Å². The molecule has 2 heterocycles. The SMILES string of the molecule is NCC1OC(=O)N2c3ccc(-c4ccccc4S(N)(=O)=O)cc3OCC12. The Balaban J connectivity index is 1.78. The van der Waals surface area contributed by atoms with Crippen LogP contribution < -0.4 is 20.5 Å². The van der Waals surface area contributed by atoms with Crippen LogP contribution in [0.2, 0.25) is 0 Å². The van der Waals surface area contributed by atoms with Gasteiger partial charge in [0.15, 0.2) is 0 Å². The second kappa shape index (κ2) is 5.97. The third-order valence-corrected chi connectivity index (χ3v) is 5.54. The predicted molar refractivity (Wildman–Crippen MR) is 94.3 cm³/mol. The van der Waals surface area contributed by atoms with Gasteiger partial charge in [0.25, 0.3) is 0 Å². The zero-order valence-corrected chi connectivity index (χ0v) is 14.5. The van der Waals surface area contributed by atoms with E-state index in [2.05, 4.69) is 0 Å². The highest BCUT2D eigenvalue weighted by Gasteiger charge is 2.45. The Labute approximate surface area is 150 Å². The van der Waals surface area contributed by atoms with Crippen molar-refractivity contribution in [1.29, 1.82) is 0 Å². The maximum absolute atomic E-state index is 12.2. The molecule has 1 fully saturated rings. The first-order valence-electron chi connectivity index (χ1n) is 7.99. The van der Waals surface area contributed by atoms with Crippen LogP contribution in [0.25, 0.3) is 11.1 Å². The summed E-state index contributed by atoms with van der Waals surface area (Å²) in [7, 11) is -3.88. The molecule has 0 aromatic heterocycles. The van der Waals surface area contributed by atoms with E-state index < -0.39 is 22.2 Å². The third kappa shape index (κ3) is 2.61. The summed E-state index contributed by atoms with van der Waals surface area (Å²) in [5, 5.41) is 5.31. The zero-order chi connectivity index (χ0) is 18.5. The summed E-state index contributed by atoms with van der Waals surface area (Å²) in [6.45, 7) is 0.465. The van der Waals surface area contributed by atoms with Crippen molar-refractivity contribution in [3.05, 3.63) is 42.5 Å². The monoisotopic (exact) mass is 375 g/mol. The number of fused-ring (bicyclic) bond motifs is 3. The number of nitrogens with two attached hydrogens (primary N) is 2. The number of ether oxygens (including phenoxy) is 2. The Kier molecular flexibility index (Phi) is 3.87. The number of hydrogen-bond donors (Lipinski definition) is 2. The molecule has 2 aliphatic heterocycles. The van der Waals surface area contributed by atoms with Crippen molar-refractivity contribution in [1.82, 2.24) is 0 Å². The van der Waals surface area contributed by atoms with Gasteiger partial charge in [0, 0.05) is 12.1 Å². The number of hydrogen-bond acceptors (Lipinski definition) is 6. The molecule has 0 saturated carbocycles. The van der Waals surface area contributed by atoms with Crippen LogP contribution in [-0.4, -0.2) is 39.8 Å². The lowest BCUT2D eigenvalue weighted by Gasteiger charge is -2.31. The highest BCUT2D eigenvalue weighted by molar-refractivity contribution is 7.89. The van der Waals surface area contributed by atoms with Crippen molar-refractivity contribution in [3.63, 3.8) is 0 Å². The molecule has 0 radical (unpaired) electrons. The Hall–Kier alpha value is -2.62. The minimum Gasteiger partial charge on any atom is -0.489 e. The molecule has 1 saturated heterocycles. The predicted octanol–water partition coefficient (Wildman–Crippen LogP) is 1.05. The Morgan fingerprint density at radius 2 is 1.96 bits per heavy atom. The smallest absolute Gasteiger partial charge is 0.415 e. The first-order chi connectivity index (χ1) is 12.4. The minimum absolute atomic E-state index is 0.0254. The lowest BCUT2D eigenvalue weighted by atomic mass is 10.0. The van der Waals surface area contributed by atoms with Crippen molar-refractivity contribution >= 4 is 21.8 Å². The Morgan fingerprint density at radius 3 is 2.69 bits per heavy atom. The molecule has 4 rings (SSSR count). The molecule has 0 spiro atoms. The van der Waals surface area contributed by atoms with Crippen LogP contribution in [0.3, 0.4) is 0 Å². The summed E-state index contributed by atoms with van der Waals surface area (Å²) in [6.07, 6.45) is -0.883. The summed E-state index contributed by atoms with van der Waals surface area (Å²) < 4.78 is 34.8. The van der Waals surface area contributed by atoms with Crippen molar-refractivity contribution in [2.75, 3.05) is 18.1 Å². The maximum Gasteiger partial charge on any atom is 0.415 e. The number of amides is 1. The third-order valence-electron chi connectivity index (χ3n) is 4.58. The molecule has 26 heavy (non-hydrogen) atoms. The average molecular weight is 375 g/mol. The van der Waals surface area contributed by atoms with Gasteiger partial charge in [-0.1, -0.05) is 24.3 Å². The number of anilines is 1. The van der Waals surface area contributed by atoms with Crippen LogP contribution in [0.15, 0.2) is 47.4 Å². The number of carbonyl (C=O) groups is 1.